The van der Waals surface area contributed by atoms with Gasteiger partial charge in [-0.15, -0.1) is 0 Å². The van der Waals surface area contributed by atoms with E-state index in [1.54, 1.807) is 0 Å². The zero-order valence-corrected chi connectivity index (χ0v) is 67.6. The molecular formula is C111H77Br2N5. The lowest BCUT2D eigenvalue weighted by Crippen LogP contribution is -2.42. The Morgan fingerprint density at radius 1 is 0.203 bits per heavy atom. The standard InChI is InChI=1S/C38H22N2.C37H27N.C18H12Br2.C18H16N2/c1-5-13-29-21(9-1)25-17-18-26-23-11-3-7-15-31(23)40-32-16-8-4-12-24(32)28-20-19-27-22-10-2-6-14-30(22)39(29)37-33(25)34(26)38(40)36(28)35(27)37;1-3-11-32-26-17-21-28(22-18-26)34-13-5-7-15-36(34)38-37-16-8-6-14-35(37)29-23-19-27(20-24-29)33-12-4-2-10-31(33)25-30(32)9-1;2*19-17-7-3-1-5-15(17)13-9-11-14(12-10-13)16-6-2-4-8-18(16)20/h1-20,37-38H;1-24,38H,25H2;1-12H;1-12H,19-20H2. The molecular weight excluding hydrogens is 1560 g/mol. The first-order chi connectivity index (χ1) is 58.2. The van der Waals surface area contributed by atoms with Crippen LogP contribution in [-0.4, -0.2) is 0 Å². The number of nitrogens with one attached hydrogen (secondary N) is 1. The van der Waals surface area contributed by atoms with Gasteiger partial charge in [0.25, 0.3) is 0 Å². The first kappa shape index (κ1) is 71.7. The summed E-state index contributed by atoms with van der Waals surface area (Å²) in [6.07, 6.45) is 0.880. The summed E-state index contributed by atoms with van der Waals surface area (Å²) in [7, 11) is 0. The highest BCUT2D eigenvalue weighted by Gasteiger charge is 2.52. The van der Waals surface area contributed by atoms with E-state index in [9.17, 15) is 0 Å². The molecule has 8 heterocycles. The minimum atomic E-state index is 0.147. The molecule has 560 valence electrons. The second-order valence-electron chi connectivity index (χ2n) is 30.7. The van der Waals surface area contributed by atoms with Crippen molar-refractivity contribution in [3.05, 3.63) is 455 Å². The lowest BCUT2D eigenvalue weighted by Gasteiger charge is -2.55. The lowest BCUT2D eigenvalue weighted by atomic mass is 9.63. The van der Waals surface area contributed by atoms with Crippen LogP contribution in [0.4, 0.5) is 45.5 Å². The van der Waals surface area contributed by atoms with Crippen molar-refractivity contribution in [1.82, 2.24) is 0 Å². The van der Waals surface area contributed by atoms with Crippen LogP contribution in [0.1, 0.15) is 45.5 Å². The van der Waals surface area contributed by atoms with Crippen LogP contribution in [0.2, 0.25) is 0 Å². The van der Waals surface area contributed by atoms with Crippen molar-refractivity contribution in [3.63, 3.8) is 0 Å². The third kappa shape index (κ3) is 12.5. The Morgan fingerprint density at radius 2 is 0.424 bits per heavy atom. The fourth-order valence-electron chi connectivity index (χ4n) is 18.8. The summed E-state index contributed by atoms with van der Waals surface area (Å²) in [4.78, 5) is 5.30. The molecule has 1 aliphatic carbocycles. The predicted molar refractivity (Wildman–Crippen MR) is 502 cm³/mol. The van der Waals surface area contributed by atoms with Gasteiger partial charge in [-0.05, 0) is 189 Å². The first-order valence-electron chi connectivity index (χ1n) is 40.3. The van der Waals surface area contributed by atoms with Crippen LogP contribution < -0.4 is 26.6 Å². The van der Waals surface area contributed by atoms with Gasteiger partial charge in [-0.25, -0.2) is 0 Å². The molecule has 8 aliphatic heterocycles. The van der Waals surface area contributed by atoms with Gasteiger partial charge < -0.3 is 26.6 Å². The number of hydrogen-bond acceptors (Lipinski definition) is 5. The fraction of sp³-hybridized carbons (Fsp3) is 0.0270. The van der Waals surface area contributed by atoms with E-state index in [4.69, 9.17) is 11.5 Å². The van der Waals surface area contributed by atoms with Crippen molar-refractivity contribution in [3.8, 4) is 134 Å². The van der Waals surface area contributed by atoms with Crippen molar-refractivity contribution in [2.75, 3.05) is 26.6 Å². The van der Waals surface area contributed by atoms with Gasteiger partial charge in [0.2, 0.25) is 0 Å². The van der Waals surface area contributed by atoms with E-state index in [0.717, 1.165) is 60.4 Å². The summed E-state index contributed by atoms with van der Waals surface area (Å²) in [5.74, 6) is 0. The summed E-state index contributed by atoms with van der Waals surface area (Å²) in [5, 5.41) is 3.75. The van der Waals surface area contributed by atoms with Crippen LogP contribution in [0, 0.1) is 0 Å². The first-order valence-corrected chi connectivity index (χ1v) is 41.8. The molecule has 0 saturated heterocycles. The van der Waals surface area contributed by atoms with E-state index in [1.165, 1.54) is 167 Å². The topological polar surface area (TPSA) is 70.5 Å². The smallest absolute Gasteiger partial charge is 0.0864 e. The molecule has 0 saturated carbocycles. The van der Waals surface area contributed by atoms with Crippen LogP contribution in [0.3, 0.4) is 0 Å². The molecule has 0 fully saturated rings. The molecule has 0 unspecified atom stereocenters. The summed E-state index contributed by atoms with van der Waals surface area (Å²) in [6, 6.07) is 148. The van der Waals surface area contributed by atoms with Gasteiger partial charge in [-0.3, -0.25) is 0 Å². The third-order valence-corrected chi connectivity index (χ3v) is 25.6. The maximum Gasteiger partial charge on any atom is 0.0864 e. The van der Waals surface area contributed by atoms with Gasteiger partial charge in [-0.2, -0.15) is 0 Å². The zero-order chi connectivity index (χ0) is 78.9. The van der Waals surface area contributed by atoms with Crippen LogP contribution >= 0.6 is 31.9 Å². The minimum absolute atomic E-state index is 0.147. The number of fused-ring (bicyclic) bond motifs is 12. The number of nitrogens with zero attached hydrogens (tertiary/aromatic N) is 2. The Kier molecular flexibility index (Phi) is 18.4. The molecule has 0 atom stereocenters. The summed E-state index contributed by atoms with van der Waals surface area (Å²) >= 11 is 7.20. The van der Waals surface area contributed by atoms with Gasteiger partial charge in [0.1, 0.15) is 0 Å². The second-order valence-corrected chi connectivity index (χ2v) is 32.4. The van der Waals surface area contributed by atoms with Crippen LogP contribution in [0.25, 0.3) is 134 Å². The Balaban J connectivity index is 0.000000103. The molecule has 0 amide bonds. The highest BCUT2D eigenvalue weighted by Crippen LogP contribution is 2.69. The van der Waals surface area contributed by atoms with Gasteiger partial charge in [0.15, 0.2) is 0 Å². The molecule has 0 spiro atoms. The molecule has 9 aliphatic rings. The monoisotopic (exact) mass is 1640 g/mol. The van der Waals surface area contributed by atoms with Crippen LogP contribution in [-0.2, 0) is 6.42 Å². The van der Waals surface area contributed by atoms with Gasteiger partial charge in [-0.1, -0.05) is 384 Å². The normalized spacial score (nSPS) is 13.6. The number of anilines is 8. The highest BCUT2D eigenvalue weighted by atomic mass is 79.9. The fourth-order valence-corrected chi connectivity index (χ4v) is 19.9. The lowest BCUT2D eigenvalue weighted by molar-refractivity contribution is 0.684. The Bertz CT molecular complexity index is 6120. The quantitative estimate of drug-likeness (QED) is 0.153. The molecule has 5 nitrogen and oxygen atoms in total. The number of para-hydroxylation sites is 8. The molecule has 7 heteroatoms. The Labute approximate surface area is 705 Å². The van der Waals surface area contributed by atoms with Crippen molar-refractivity contribution >= 4 is 77.4 Å². The molecule has 18 aromatic carbocycles. The van der Waals surface area contributed by atoms with Crippen LogP contribution in [0.5, 0.6) is 0 Å². The van der Waals surface area contributed by atoms with Crippen molar-refractivity contribution in [2.24, 2.45) is 0 Å². The number of nitrogen functional groups attached to an aromatic ring is 2. The highest BCUT2D eigenvalue weighted by molar-refractivity contribution is 9.11. The van der Waals surface area contributed by atoms with Crippen molar-refractivity contribution < 1.29 is 0 Å². The molecule has 118 heavy (non-hydrogen) atoms. The summed E-state index contributed by atoms with van der Waals surface area (Å²) in [5.41, 5.74) is 59.5. The number of halogens is 2. The number of hydrogen-bond donors (Lipinski definition) is 3. The second kappa shape index (κ2) is 30.3. The van der Waals surface area contributed by atoms with E-state index in [-0.39, 0.29) is 12.1 Å². The van der Waals surface area contributed by atoms with E-state index in [1.807, 2.05) is 60.7 Å². The van der Waals surface area contributed by atoms with Gasteiger partial charge in [0, 0.05) is 99.0 Å². The molecule has 4 bridgehead atoms. The molecule has 18 aromatic rings. The zero-order valence-electron chi connectivity index (χ0n) is 64.4. The SMILES string of the molecule is Brc1ccccc1-c1ccc(-c2ccccc2Br)cc1.Nc1ccccc1-c1ccc(-c2ccccc2N)cc1.c1ccc2c(c1)-c1ccc3c4c1C1c5c(ccc6c5C4N(c4ccccc4-3)c3ccccc3-6)-c3ccccc3N21.c1ccc2c(c1)Cc1ccccc1-c1ccc(cc1)-c1ccccc1Nc1ccccc1-c1ccc-2cc1. The van der Waals surface area contributed by atoms with E-state index >= 15 is 0 Å². The predicted octanol–water partition coefficient (Wildman–Crippen LogP) is 30.5. The Morgan fingerprint density at radius 3 is 0.729 bits per heavy atom. The number of benzene rings is 18. The molecule has 27 rings (SSSR count). The average molecular weight is 1640 g/mol. The molecule has 0 radical (unpaired) electrons. The van der Waals surface area contributed by atoms with E-state index < -0.39 is 0 Å². The van der Waals surface area contributed by atoms with Crippen molar-refractivity contribution in [2.45, 2.75) is 18.5 Å². The third-order valence-electron chi connectivity index (χ3n) is 24.2. The van der Waals surface area contributed by atoms with Crippen molar-refractivity contribution in [1.29, 1.82) is 0 Å². The van der Waals surface area contributed by atoms with E-state index in [0.29, 0.717) is 0 Å². The largest absolute Gasteiger partial charge is 0.398 e. The van der Waals surface area contributed by atoms with Crippen LogP contribution in [0.15, 0.2) is 421 Å². The van der Waals surface area contributed by atoms with Gasteiger partial charge >= 0.3 is 0 Å². The minimum Gasteiger partial charge on any atom is -0.398 e. The van der Waals surface area contributed by atoms with Gasteiger partial charge in [0.05, 0.1) is 12.1 Å². The number of nitrogens with two attached hydrogens (primary N) is 2. The summed E-state index contributed by atoms with van der Waals surface area (Å²) < 4.78 is 2.24. The molecule has 5 N–H and O–H groups in total. The average Bonchev–Trinajstić information content (AvgIpc) is 0.659. The molecule has 0 aromatic heterocycles. The number of rotatable bonds is 4. The van der Waals surface area contributed by atoms with E-state index in [2.05, 4.69) is 399 Å². The Hall–Kier alpha value is -14.1. The maximum absolute atomic E-state index is 6.01. The summed E-state index contributed by atoms with van der Waals surface area (Å²) in [6.45, 7) is 0. The maximum atomic E-state index is 6.01.